The van der Waals surface area contributed by atoms with Gasteiger partial charge >= 0.3 is 0 Å². The van der Waals surface area contributed by atoms with Crippen molar-refractivity contribution in [1.82, 2.24) is 4.90 Å². The van der Waals surface area contributed by atoms with Crippen molar-refractivity contribution >= 4 is 0 Å². The van der Waals surface area contributed by atoms with Gasteiger partial charge in [0, 0.05) is 13.1 Å². The van der Waals surface area contributed by atoms with E-state index in [9.17, 15) is 5.11 Å². The third-order valence-corrected chi connectivity index (χ3v) is 3.57. The summed E-state index contributed by atoms with van der Waals surface area (Å²) in [5, 5.41) is 10.3. The molecular weight excluding hydrogens is 306 g/mol. The molecule has 0 aliphatic heterocycles. The maximum Gasteiger partial charge on any atom is 0.161 e. The number of aliphatic hydroxyl groups is 1. The molecule has 138 valence electrons. The summed E-state index contributed by atoms with van der Waals surface area (Å²) in [6.45, 7) is 10.7. The van der Waals surface area contributed by atoms with Crippen LogP contribution in [0, 0.1) is 0 Å². The topological polar surface area (TPSA) is 51.2 Å². The summed E-state index contributed by atoms with van der Waals surface area (Å²) in [5.74, 6) is 1.45. The molecule has 5 nitrogen and oxygen atoms in total. The van der Waals surface area contributed by atoms with Crippen LogP contribution in [0.25, 0.3) is 0 Å². The van der Waals surface area contributed by atoms with Crippen molar-refractivity contribution in [2.45, 2.75) is 52.4 Å². The Morgan fingerprint density at radius 2 is 1.79 bits per heavy atom. The molecule has 1 aromatic carbocycles. The average molecular weight is 339 g/mol. The highest BCUT2D eigenvalue weighted by atomic mass is 16.5. The van der Waals surface area contributed by atoms with E-state index in [1.807, 2.05) is 39.0 Å². The molecule has 0 saturated heterocycles. The Morgan fingerprint density at radius 3 is 2.33 bits per heavy atom. The molecule has 0 aliphatic rings. The lowest BCUT2D eigenvalue weighted by Crippen LogP contribution is -2.37. The van der Waals surface area contributed by atoms with Crippen molar-refractivity contribution in [1.29, 1.82) is 0 Å². The second kappa shape index (κ2) is 9.87. The van der Waals surface area contributed by atoms with Crippen LogP contribution in [0.3, 0.4) is 0 Å². The lowest BCUT2D eigenvalue weighted by molar-refractivity contribution is -0.0566. The van der Waals surface area contributed by atoms with E-state index in [2.05, 4.69) is 11.8 Å². The number of rotatable bonds is 10. The van der Waals surface area contributed by atoms with Crippen LogP contribution in [0.2, 0.25) is 0 Å². The van der Waals surface area contributed by atoms with E-state index >= 15 is 0 Å². The van der Waals surface area contributed by atoms with Crippen LogP contribution in [-0.4, -0.2) is 55.6 Å². The fourth-order valence-electron chi connectivity index (χ4n) is 2.49. The van der Waals surface area contributed by atoms with Crippen molar-refractivity contribution < 1.29 is 19.3 Å². The number of hydrogen-bond donors (Lipinski definition) is 1. The highest BCUT2D eigenvalue weighted by Gasteiger charge is 2.17. The first-order chi connectivity index (χ1) is 11.3. The van der Waals surface area contributed by atoms with Gasteiger partial charge in [-0.25, -0.2) is 0 Å². The van der Waals surface area contributed by atoms with Crippen molar-refractivity contribution in [3.05, 3.63) is 23.8 Å². The van der Waals surface area contributed by atoms with Crippen molar-refractivity contribution in [2.24, 2.45) is 0 Å². The zero-order valence-electron chi connectivity index (χ0n) is 16.0. The summed E-state index contributed by atoms with van der Waals surface area (Å²) in [6.07, 6.45) is 0.524. The standard InChI is InChI=1S/C19H33NO4/c1-7-10-20(13-16(21)14-24-19(2,3)4)12-15-8-9-17(22-5)18(11-15)23-6/h8-9,11,16,21H,7,10,12-14H2,1-6H3. The van der Waals surface area contributed by atoms with Gasteiger partial charge in [0.1, 0.15) is 0 Å². The van der Waals surface area contributed by atoms with Crippen LogP contribution < -0.4 is 9.47 Å². The van der Waals surface area contributed by atoms with Gasteiger partial charge in [0.2, 0.25) is 0 Å². The predicted molar refractivity (Wildman–Crippen MR) is 96.8 cm³/mol. The van der Waals surface area contributed by atoms with E-state index in [-0.39, 0.29) is 5.60 Å². The maximum absolute atomic E-state index is 10.3. The molecule has 0 spiro atoms. The van der Waals surface area contributed by atoms with Gasteiger partial charge in [0.25, 0.3) is 0 Å². The molecule has 5 heteroatoms. The van der Waals surface area contributed by atoms with Gasteiger partial charge in [-0.15, -0.1) is 0 Å². The zero-order chi connectivity index (χ0) is 18.2. The van der Waals surface area contributed by atoms with E-state index in [1.165, 1.54) is 0 Å². The van der Waals surface area contributed by atoms with Crippen LogP contribution in [0.5, 0.6) is 11.5 Å². The Labute approximate surface area is 146 Å². The van der Waals surface area contributed by atoms with E-state index in [4.69, 9.17) is 14.2 Å². The Kier molecular flexibility index (Phi) is 8.53. The Balaban J connectivity index is 2.68. The SMILES string of the molecule is CCCN(Cc1ccc(OC)c(OC)c1)CC(O)COC(C)(C)C. The van der Waals surface area contributed by atoms with Crippen LogP contribution in [0.4, 0.5) is 0 Å². The molecule has 0 amide bonds. The first-order valence-electron chi connectivity index (χ1n) is 8.54. The molecule has 0 saturated carbocycles. The van der Waals surface area contributed by atoms with Gasteiger partial charge in [0.15, 0.2) is 11.5 Å². The molecule has 0 fully saturated rings. The lowest BCUT2D eigenvalue weighted by atomic mass is 10.1. The molecule has 0 radical (unpaired) electrons. The lowest BCUT2D eigenvalue weighted by Gasteiger charge is -2.27. The van der Waals surface area contributed by atoms with Crippen LogP contribution >= 0.6 is 0 Å². The highest BCUT2D eigenvalue weighted by Crippen LogP contribution is 2.28. The van der Waals surface area contributed by atoms with Crippen LogP contribution in [-0.2, 0) is 11.3 Å². The van der Waals surface area contributed by atoms with Crippen molar-refractivity contribution in [2.75, 3.05) is 33.9 Å². The average Bonchev–Trinajstić information content (AvgIpc) is 2.52. The number of aliphatic hydroxyl groups excluding tert-OH is 1. The Bertz CT molecular complexity index is 485. The second-order valence-corrected chi connectivity index (χ2v) is 7.00. The third-order valence-electron chi connectivity index (χ3n) is 3.57. The molecule has 0 aromatic heterocycles. The number of nitrogens with zero attached hydrogens (tertiary/aromatic N) is 1. The summed E-state index contributed by atoms with van der Waals surface area (Å²) in [7, 11) is 3.27. The minimum Gasteiger partial charge on any atom is -0.493 e. The summed E-state index contributed by atoms with van der Waals surface area (Å²) >= 11 is 0. The van der Waals surface area contributed by atoms with Gasteiger partial charge in [-0.1, -0.05) is 13.0 Å². The second-order valence-electron chi connectivity index (χ2n) is 7.00. The van der Waals surface area contributed by atoms with Crippen molar-refractivity contribution in [3.8, 4) is 11.5 Å². The molecule has 0 bridgehead atoms. The molecule has 1 atom stereocenters. The van der Waals surface area contributed by atoms with E-state index in [0.29, 0.717) is 13.2 Å². The first-order valence-corrected chi connectivity index (χ1v) is 8.54. The Morgan fingerprint density at radius 1 is 1.12 bits per heavy atom. The number of benzene rings is 1. The summed E-state index contributed by atoms with van der Waals surface area (Å²) in [4.78, 5) is 2.23. The van der Waals surface area contributed by atoms with Gasteiger partial charge in [-0.2, -0.15) is 0 Å². The summed E-state index contributed by atoms with van der Waals surface area (Å²) in [6, 6.07) is 5.93. The van der Waals surface area contributed by atoms with Crippen LogP contribution in [0.1, 0.15) is 39.7 Å². The first kappa shape index (κ1) is 20.7. The minimum absolute atomic E-state index is 0.236. The number of ether oxygens (including phenoxy) is 3. The Hall–Kier alpha value is -1.30. The molecule has 1 aromatic rings. The highest BCUT2D eigenvalue weighted by molar-refractivity contribution is 5.42. The predicted octanol–water partition coefficient (Wildman–Crippen LogP) is 3.09. The molecule has 1 N–H and O–H groups in total. The largest absolute Gasteiger partial charge is 0.493 e. The smallest absolute Gasteiger partial charge is 0.161 e. The van der Waals surface area contributed by atoms with E-state index in [0.717, 1.165) is 36.6 Å². The van der Waals surface area contributed by atoms with Gasteiger partial charge in [-0.05, 0) is 51.4 Å². The number of hydrogen-bond acceptors (Lipinski definition) is 5. The molecular formula is C19H33NO4. The van der Waals surface area contributed by atoms with Crippen molar-refractivity contribution in [3.63, 3.8) is 0 Å². The van der Waals surface area contributed by atoms with Gasteiger partial charge in [0.05, 0.1) is 32.5 Å². The molecule has 0 heterocycles. The maximum atomic E-state index is 10.3. The minimum atomic E-state index is -0.504. The summed E-state index contributed by atoms with van der Waals surface area (Å²) < 4.78 is 16.3. The molecule has 1 unspecified atom stereocenters. The summed E-state index contributed by atoms with van der Waals surface area (Å²) in [5.41, 5.74) is 0.893. The molecule has 1 rings (SSSR count). The van der Waals surface area contributed by atoms with E-state index < -0.39 is 6.10 Å². The molecule has 24 heavy (non-hydrogen) atoms. The third kappa shape index (κ3) is 7.51. The zero-order valence-corrected chi connectivity index (χ0v) is 16.0. The van der Waals surface area contributed by atoms with Gasteiger partial charge in [-0.3, -0.25) is 4.90 Å². The van der Waals surface area contributed by atoms with Crippen LogP contribution in [0.15, 0.2) is 18.2 Å². The monoisotopic (exact) mass is 339 g/mol. The molecule has 0 aliphatic carbocycles. The number of methoxy groups -OCH3 is 2. The van der Waals surface area contributed by atoms with E-state index in [1.54, 1.807) is 14.2 Å². The fraction of sp³-hybridized carbons (Fsp3) is 0.684. The fourth-order valence-corrected chi connectivity index (χ4v) is 2.49. The normalized spacial score (nSPS) is 13.2. The quantitative estimate of drug-likeness (QED) is 0.710. The van der Waals surface area contributed by atoms with Gasteiger partial charge < -0.3 is 19.3 Å².